The lowest BCUT2D eigenvalue weighted by Gasteiger charge is -2.08. The molecular weight excluding hydrogens is 349 g/mol. The Morgan fingerprint density at radius 1 is 1.30 bits per heavy atom. The van der Waals surface area contributed by atoms with Gasteiger partial charge in [0.2, 0.25) is 0 Å². The molecule has 7 heteroatoms. The molecule has 152 valence electrons. The van der Waals surface area contributed by atoms with Crippen molar-refractivity contribution in [2.75, 3.05) is 19.0 Å². The van der Waals surface area contributed by atoms with Crippen LogP contribution in [0.2, 0.25) is 0 Å². The van der Waals surface area contributed by atoms with Crippen molar-refractivity contribution in [1.82, 2.24) is 0 Å². The van der Waals surface area contributed by atoms with Crippen LogP contribution in [0.3, 0.4) is 0 Å². The number of allylic oxidation sites excluding steroid dienone is 1. The van der Waals surface area contributed by atoms with E-state index in [4.69, 9.17) is 21.2 Å². The molecule has 0 spiro atoms. The highest BCUT2D eigenvalue weighted by molar-refractivity contribution is 5.90. The Morgan fingerprint density at radius 3 is 2.26 bits per heavy atom. The van der Waals surface area contributed by atoms with Crippen molar-refractivity contribution in [1.29, 1.82) is 5.26 Å². The summed E-state index contributed by atoms with van der Waals surface area (Å²) < 4.78 is 14.0. The Hall–Kier alpha value is -2.85. The van der Waals surface area contributed by atoms with Gasteiger partial charge < -0.3 is 21.3 Å². The number of rotatable bonds is 6. The van der Waals surface area contributed by atoms with E-state index >= 15 is 0 Å². The van der Waals surface area contributed by atoms with Gasteiger partial charge in [0.25, 0.3) is 0 Å². The lowest BCUT2D eigenvalue weighted by atomic mass is 10.0. The summed E-state index contributed by atoms with van der Waals surface area (Å²) in [5.74, 6) is -2.21. The van der Waals surface area contributed by atoms with E-state index in [0.29, 0.717) is 23.4 Å². The highest BCUT2D eigenvalue weighted by Gasteiger charge is 2.13. The Morgan fingerprint density at radius 2 is 1.85 bits per heavy atom. The third-order valence-electron chi connectivity index (χ3n) is 2.72. The van der Waals surface area contributed by atoms with Crippen LogP contribution >= 0.6 is 0 Å². The Bertz CT molecular complexity index is 636. The lowest BCUT2D eigenvalue weighted by Crippen LogP contribution is -2.04. The summed E-state index contributed by atoms with van der Waals surface area (Å²) in [7, 11) is 1.00. The molecule has 1 aromatic carbocycles. The van der Waals surface area contributed by atoms with E-state index in [-0.39, 0.29) is 6.42 Å². The minimum atomic E-state index is -1.39. The van der Waals surface area contributed by atoms with E-state index in [1.54, 1.807) is 12.1 Å². The smallest absolute Gasteiger partial charge is 0.338 e. The number of anilines is 1. The van der Waals surface area contributed by atoms with Crippen LogP contribution in [-0.2, 0) is 11.2 Å². The predicted molar refractivity (Wildman–Crippen MR) is 109 cm³/mol. The van der Waals surface area contributed by atoms with Gasteiger partial charge in [-0.3, -0.25) is 0 Å². The van der Waals surface area contributed by atoms with Crippen molar-refractivity contribution >= 4 is 11.7 Å². The van der Waals surface area contributed by atoms with E-state index in [9.17, 15) is 9.18 Å². The quantitative estimate of drug-likeness (QED) is 0.437. The summed E-state index contributed by atoms with van der Waals surface area (Å²) in [6.45, 7) is 10.6. The lowest BCUT2D eigenvalue weighted by molar-refractivity contribution is -0.132. The second-order valence-electron chi connectivity index (χ2n) is 4.18. The zero-order valence-corrected chi connectivity index (χ0v) is 17.0. The maximum atomic E-state index is 14.0. The number of aliphatic hydroxyl groups excluding tert-OH is 1. The number of hydrogen-bond acceptors (Lipinski definition) is 5. The molecule has 0 saturated carbocycles. The van der Waals surface area contributed by atoms with Crippen LogP contribution in [-0.4, -0.2) is 29.8 Å². The van der Waals surface area contributed by atoms with E-state index in [2.05, 4.69) is 5.32 Å². The summed E-state index contributed by atoms with van der Waals surface area (Å²) in [5.41, 5.74) is 6.16. The van der Waals surface area contributed by atoms with Crippen LogP contribution in [0, 0.1) is 11.3 Å². The van der Waals surface area contributed by atoms with Gasteiger partial charge in [-0.05, 0) is 36.9 Å². The number of nitrogens with zero attached hydrogens (tertiary/aromatic N) is 1. The maximum absolute atomic E-state index is 14.0. The number of nitriles is 1. The van der Waals surface area contributed by atoms with Gasteiger partial charge in [-0.25, -0.2) is 9.18 Å². The van der Waals surface area contributed by atoms with Gasteiger partial charge in [0.15, 0.2) is 0 Å². The van der Waals surface area contributed by atoms with Crippen molar-refractivity contribution in [2.24, 2.45) is 5.73 Å². The first-order chi connectivity index (χ1) is 13.0. The van der Waals surface area contributed by atoms with Crippen LogP contribution in [0.5, 0.6) is 0 Å². The molecule has 1 aromatic rings. The molecule has 0 aliphatic carbocycles. The fourth-order valence-corrected chi connectivity index (χ4v) is 1.79. The molecule has 1 rings (SSSR count). The SMILES string of the molecule is CC.CC.CCNc1ccc(C/C(F)=C(\C=C/N)C(=O)O)cc1C#N.CO. The molecule has 0 aliphatic heterocycles. The average Bonchev–Trinajstić information content (AvgIpc) is 2.71. The minimum absolute atomic E-state index is 0.215. The highest BCUT2D eigenvalue weighted by Crippen LogP contribution is 2.21. The average molecular weight is 381 g/mol. The molecule has 0 bridgehead atoms. The van der Waals surface area contributed by atoms with Gasteiger partial charge in [0.1, 0.15) is 11.9 Å². The van der Waals surface area contributed by atoms with Crippen molar-refractivity contribution in [3.8, 4) is 6.07 Å². The fourth-order valence-electron chi connectivity index (χ4n) is 1.79. The molecule has 0 unspecified atom stereocenters. The molecule has 5 N–H and O–H groups in total. The molecule has 0 aromatic heterocycles. The first-order valence-electron chi connectivity index (χ1n) is 8.75. The standard InChI is InChI=1S/C15H16FN3O2.2C2H6.CH4O/c1-2-19-14-4-3-10(7-11(14)9-18)8-13(16)12(5-6-17)15(20)21;3*1-2/h3-7,19H,2,8,17H2,1H3,(H,20,21);2*1-2H3;2H,1H3/b6-5-,13-12-;;;. The Labute approximate surface area is 161 Å². The molecular formula is C20H32FN3O3. The topological polar surface area (TPSA) is 119 Å². The number of carbonyl (C=O) groups is 1. The number of carboxylic acid groups (broad SMARTS) is 1. The highest BCUT2D eigenvalue weighted by atomic mass is 19.1. The van der Waals surface area contributed by atoms with Crippen molar-refractivity contribution in [3.63, 3.8) is 0 Å². The van der Waals surface area contributed by atoms with Gasteiger partial charge in [0, 0.05) is 20.1 Å². The van der Waals surface area contributed by atoms with Crippen LogP contribution in [0.15, 0.2) is 41.9 Å². The normalized spacial score (nSPS) is 9.89. The number of nitrogens with two attached hydrogens (primary N) is 1. The first-order valence-corrected chi connectivity index (χ1v) is 8.75. The van der Waals surface area contributed by atoms with Crippen LogP contribution in [0.4, 0.5) is 10.1 Å². The summed E-state index contributed by atoms with van der Waals surface area (Å²) in [5, 5.41) is 28.0. The number of carboxylic acids is 1. The molecule has 0 heterocycles. The summed E-state index contributed by atoms with van der Waals surface area (Å²) in [4.78, 5) is 10.9. The number of benzene rings is 1. The van der Waals surface area contributed by atoms with E-state index in [1.807, 2.05) is 40.7 Å². The van der Waals surface area contributed by atoms with Crippen molar-refractivity contribution < 1.29 is 19.4 Å². The number of halogens is 1. The van der Waals surface area contributed by atoms with E-state index < -0.39 is 17.4 Å². The zero-order chi connectivity index (χ0) is 21.8. The van der Waals surface area contributed by atoms with E-state index in [1.165, 1.54) is 6.07 Å². The minimum Gasteiger partial charge on any atom is -0.478 e. The summed E-state index contributed by atoms with van der Waals surface area (Å²) >= 11 is 0. The van der Waals surface area contributed by atoms with Crippen LogP contribution < -0.4 is 11.1 Å². The van der Waals surface area contributed by atoms with Crippen molar-refractivity contribution in [3.05, 3.63) is 53.0 Å². The Balaban J connectivity index is -0.000000869. The number of aliphatic carboxylic acids is 1. The van der Waals surface area contributed by atoms with Gasteiger partial charge in [0.05, 0.1) is 16.8 Å². The number of hydrogen-bond donors (Lipinski definition) is 4. The van der Waals surface area contributed by atoms with Crippen LogP contribution in [0.1, 0.15) is 45.7 Å². The molecule has 0 radical (unpaired) electrons. The molecule has 0 fully saturated rings. The van der Waals surface area contributed by atoms with Gasteiger partial charge >= 0.3 is 5.97 Å². The van der Waals surface area contributed by atoms with Gasteiger partial charge in [-0.15, -0.1) is 0 Å². The molecule has 0 amide bonds. The maximum Gasteiger partial charge on any atom is 0.338 e. The molecule has 6 nitrogen and oxygen atoms in total. The van der Waals surface area contributed by atoms with E-state index in [0.717, 1.165) is 19.4 Å². The van der Waals surface area contributed by atoms with Crippen molar-refractivity contribution in [2.45, 2.75) is 41.0 Å². The fraction of sp³-hybridized carbons (Fsp3) is 0.400. The largest absolute Gasteiger partial charge is 0.478 e. The number of aliphatic hydroxyl groups is 1. The summed E-state index contributed by atoms with van der Waals surface area (Å²) in [6.07, 6.45) is 1.75. The van der Waals surface area contributed by atoms with Gasteiger partial charge in [-0.1, -0.05) is 33.8 Å². The zero-order valence-electron chi connectivity index (χ0n) is 17.0. The van der Waals surface area contributed by atoms with Crippen LogP contribution in [0.25, 0.3) is 0 Å². The second kappa shape index (κ2) is 19.5. The third-order valence-corrected chi connectivity index (χ3v) is 2.72. The number of nitrogens with one attached hydrogen (secondary N) is 1. The predicted octanol–water partition coefficient (Wildman–Crippen LogP) is 3.97. The summed E-state index contributed by atoms with van der Waals surface area (Å²) in [6, 6.07) is 6.86. The van der Waals surface area contributed by atoms with Gasteiger partial charge in [-0.2, -0.15) is 5.26 Å². The molecule has 0 atom stereocenters. The molecule has 0 saturated heterocycles. The monoisotopic (exact) mass is 381 g/mol. The molecule has 0 aliphatic rings. The Kier molecular flexibility index (Phi) is 20.9. The second-order valence-corrected chi connectivity index (χ2v) is 4.18. The first kappa shape index (κ1) is 28.9. The molecule has 27 heavy (non-hydrogen) atoms. The third kappa shape index (κ3) is 11.4.